The van der Waals surface area contributed by atoms with Crippen LogP contribution in [0.1, 0.15) is 33.1 Å². The Labute approximate surface area is 111 Å². The molecule has 2 aliphatic heterocycles. The van der Waals surface area contributed by atoms with Gasteiger partial charge < -0.3 is 14.8 Å². The molecule has 18 heavy (non-hydrogen) atoms. The number of morpholine rings is 1. The van der Waals surface area contributed by atoms with Crippen LogP contribution < -0.4 is 5.32 Å². The van der Waals surface area contributed by atoms with Crippen LogP contribution in [0.3, 0.4) is 0 Å². The standard InChI is InChI=1S/C14H28N2O2/c1-3-12-10-16(7-8-17-12)11-14-6-5-13(18-14)9-15-4-2/h12-15H,3-11H2,1-2H3. The van der Waals surface area contributed by atoms with Crippen molar-refractivity contribution in [2.24, 2.45) is 0 Å². The molecule has 106 valence electrons. The molecule has 0 aromatic rings. The molecule has 3 atom stereocenters. The zero-order valence-electron chi connectivity index (χ0n) is 11.9. The molecule has 0 saturated carbocycles. The monoisotopic (exact) mass is 256 g/mol. The molecular weight excluding hydrogens is 228 g/mol. The van der Waals surface area contributed by atoms with E-state index in [1.165, 1.54) is 12.8 Å². The van der Waals surface area contributed by atoms with E-state index >= 15 is 0 Å². The topological polar surface area (TPSA) is 33.7 Å². The first-order valence-electron chi connectivity index (χ1n) is 7.52. The summed E-state index contributed by atoms with van der Waals surface area (Å²) >= 11 is 0. The van der Waals surface area contributed by atoms with Crippen molar-refractivity contribution in [2.45, 2.75) is 51.4 Å². The highest BCUT2D eigenvalue weighted by atomic mass is 16.5. The SMILES string of the molecule is CCNCC1CCC(CN2CCOC(CC)C2)O1. The number of likely N-dealkylation sites (N-methyl/N-ethyl adjacent to an activating group) is 1. The van der Waals surface area contributed by atoms with E-state index in [1.807, 2.05) is 0 Å². The van der Waals surface area contributed by atoms with Crippen molar-refractivity contribution >= 4 is 0 Å². The van der Waals surface area contributed by atoms with Crippen LogP contribution in [0.15, 0.2) is 0 Å². The molecule has 4 heteroatoms. The summed E-state index contributed by atoms with van der Waals surface area (Å²) in [4.78, 5) is 2.51. The van der Waals surface area contributed by atoms with E-state index in [9.17, 15) is 0 Å². The highest BCUT2D eigenvalue weighted by Crippen LogP contribution is 2.21. The van der Waals surface area contributed by atoms with Gasteiger partial charge in [-0.3, -0.25) is 4.90 Å². The van der Waals surface area contributed by atoms with Gasteiger partial charge in [0, 0.05) is 26.2 Å². The second kappa shape index (κ2) is 7.43. The fraction of sp³-hybridized carbons (Fsp3) is 1.00. The van der Waals surface area contributed by atoms with Crippen LogP contribution >= 0.6 is 0 Å². The van der Waals surface area contributed by atoms with Crippen molar-refractivity contribution in [1.82, 2.24) is 10.2 Å². The minimum Gasteiger partial charge on any atom is -0.376 e. The molecule has 0 aliphatic carbocycles. The van der Waals surface area contributed by atoms with Crippen LogP contribution in [-0.2, 0) is 9.47 Å². The van der Waals surface area contributed by atoms with Crippen LogP contribution in [0.2, 0.25) is 0 Å². The minimum atomic E-state index is 0.428. The minimum absolute atomic E-state index is 0.428. The molecule has 2 aliphatic rings. The van der Waals surface area contributed by atoms with Gasteiger partial charge in [-0.05, 0) is 25.8 Å². The average molecular weight is 256 g/mol. The summed E-state index contributed by atoms with van der Waals surface area (Å²) in [6.07, 6.45) is 4.83. The van der Waals surface area contributed by atoms with E-state index in [4.69, 9.17) is 9.47 Å². The Hall–Kier alpha value is -0.160. The maximum Gasteiger partial charge on any atom is 0.0707 e. The Balaban J connectivity index is 1.67. The first kappa shape index (κ1) is 14.3. The molecule has 2 rings (SSSR count). The third-order valence-electron chi connectivity index (χ3n) is 3.96. The van der Waals surface area contributed by atoms with Gasteiger partial charge in [-0.2, -0.15) is 0 Å². The highest BCUT2D eigenvalue weighted by Gasteiger charge is 2.28. The maximum atomic E-state index is 6.09. The largest absolute Gasteiger partial charge is 0.376 e. The second-order valence-electron chi connectivity index (χ2n) is 5.43. The summed E-state index contributed by atoms with van der Waals surface area (Å²) in [6, 6.07) is 0. The van der Waals surface area contributed by atoms with Gasteiger partial charge in [0.05, 0.1) is 24.9 Å². The predicted octanol–water partition coefficient (Wildman–Crippen LogP) is 1.25. The van der Waals surface area contributed by atoms with Crippen LogP contribution in [-0.4, -0.2) is 62.5 Å². The first-order valence-corrected chi connectivity index (χ1v) is 7.52. The van der Waals surface area contributed by atoms with Crippen molar-refractivity contribution in [1.29, 1.82) is 0 Å². The molecule has 2 saturated heterocycles. The lowest BCUT2D eigenvalue weighted by Crippen LogP contribution is -2.45. The van der Waals surface area contributed by atoms with Crippen molar-refractivity contribution in [3.8, 4) is 0 Å². The third-order valence-corrected chi connectivity index (χ3v) is 3.96. The van der Waals surface area contributed by atoms with Gasteiger partial charge >= 0.3 is 0 Å². The summed E-state index contributed by atoms with van der Waals surface area (Å²) in [5.74, 6) is 0. The number of hydrogen-bond acceptors (Lipinski definition) is 4. The average Bonchev–Trinajstić information content (AvgIpc) is 2.84. The Kier molecular flexibility index (Phi) is 5.89. The number of ether oxygens (including phenoxy) is 2. The Bertz CT molecular complexity index is 238. The number of hydrogen-bond donors (Lipinski definition) is 1. The lowest BCUT2D eigenvalue weighted by molar-refractivity contribution is -0.0503. The first-order chi connectivity index (χ1) is 8.81. The molecule has 0 bridgehead atoms. The smallest absolute Gasteiger partial charge is 0.0707 e. The van der Waals surface area contributed by atoms with Gasteiger partial charge in [0.25, 0.3) is 0 Å². The molecular formula is C14H28N2O2. The molecule has 0 aromatic carbocycles. The third kappa shape index (κ3) is 4.19. The summed E-state index contributed by atoms with van der Waals surface area (Å²) in [7, 11) is 0. The molecule has 2 fully saturated rings. The Morgan fingerprint density at radius 2 is 2.00 bits per heavy atom. The lowest BCUT2D eigenvalue weighted by atomic mass is 10.1. The van der Waals surface area contributed by atoms with Crippen LogP contribution in [0.4, 0.5) is 0 Å². The summed E-state index contributed by atoms with van der Waals surface area (Å²) < 4.78 is 11.8. The zero-order chi connectivity index (χ0) is 12.8. The van der Waals surface area contributed by atoms with Crippen molar-refractivity contribution in [3.05, 3.63) is 0 Å². The van der Waals surface area contributed by atoms with Crippen molar-refractivity contribution < 1.29 is 9.47 Å². The summed E-state index contributed by atoms with van der Waals surface area (Å²) in [5.41, 5.74) is 0. The van der Waals surface area contributed by atoms with Gasteiger partial charge in [-0.25, -0.2) is 0 Å². The number of nitrogens with one attached hydrogen (secondary N) is 1. The molecule has 0 radical (unpaired) electrons. The van der Waals surface area contributed by atoms with Crippen LogP contribution in [0.25, 0.3) is 0 Å². The van der Waals surface area contributed by atoms with E-state index < -0.39 is 0 Å². The van der Waals surface area contributed by atoms with Gasteiger partial charge in [-0.15, -0.1) is 0 Å². The van der Waals surface area contributed by atoms with Crippen LogP contribution in [0, 0.1) is 0 Å². The van der Waals surface area contributed by atoms with E-state index in [0.29, 0.717) is 18.3 Å². The van der Waals surface area contributed by atoms with E-state index in [0.717, 1.165) is 45.8 Å². The molecule has 0 aromatic heterocycles. The predicted molar refractivity (Wildman–Crippen MR) is 72.9 cm³/mol. The molecule has 4 nitrogen and oxygen atoms in total. The quantitative estimate of drug-likeness (QED) is 0.775. The van der Waals surface area contributed by atoms with Gasteiger partial charge in [-0.1, -0.05) is 13.8 Å². The van der Waals surface area contributed by atoms with E-state index in [1.54, 1.807) is 0 Å². The van der Waals surface area contributed by atoms with Crippen molar-refractivity contribution in [2.75, 3.05) is 39.3 Å². The maximum absolute atomic E-state index is 6.09. The van der Waals surface area contributed by atoms with Gasteiger partial charge in [0.2, 0.25) is 0 Å². The number of rotatable bonds is 6. The summed E-state index contributed by atoms with van der Waals surface area (Å²) in [6.45, 7) is 10.5. The fourth-order valence-electron chi connectivity index (χ4n) is 2.85. The number of nitrogens with zero attached hydrogens (tertiary/aromatic N) is 1. The Morgan fingerprint density at radius 1 is 1.17 bits per heavy atom. The Morgan fingerprint density at radius 3 is 2.78 bits per heavy atom. The van der Waals surface area contributed by atoms with Crippen LogP contribution in [0.5, 0.6) is 0 Å². The summed E-state index contributed by atoms with van der Waals surface area (Å²) in [5, 5.41) is 3.37. The molecule has 3 unspecified atom stereocenters. The zero-order valence-corrected chi connectivity index (χ0v) is 11.9. The van der Waals surface area contributed by atoms with E-state index in [-0.39, 0.29) is 0 Å². The molecule has 1 N–H and O–H groups in total. The normalized spacial score (nSPS) is 34.0. The lowest BCUT2D eigenvalue weighted by Gasteiger charge is -2.33. The fourth-order valence-corrected chi connectivity index (χ4v) is 2.85. The highest BCUT2D eigenvalue weighted by molar-refractivity contribution is 4.80. The van der Waals surface area contributed by atoms with Crippen molar-refractivity contribution in [3.63, 3.8) is 0 Å². The van der Waals surface area contributed by atoms with Gasteiger partial charge in [0.1, 0.15) is 0 Å². The van der Waals surface area contributed by atoms with Gasteiger partial charge in [0.15, 0.2) is 0 Å². The molecule has 0 amide bonds. The molecule has 0 spiro atoms. The molecule has 2 heterocycles. The van der Waals surface area contributed by atoms with E-state index in [2.05, 4.69) is 24.1 Å². The second-order valence-corrected chi connectivity index (χ2v) is 5.43.